The van der Waals surface area contributed by atoms with Crippen LogP contribution in [-0.2, 0) is 4.79 Å². The number of amides is 1. The summed E-state index contributed by atoms with van der Waals surface area (Å²) < 4.78 is 5.17. The molecule has 0 fully saturated rings. The molecule has 2 N–H and O–H groups in total. The van der Waals surface area contributed by atoms with E-state index in [1.54, 1.807) is 24.5 Å². The third-order valence-electron chi connectivity index (χ3n) is 3.91. The van der Waals surface area contributed by atoms with Crippen LogP contribution in [0.2, 0.25) is 0 Å². The van der Waals surface area contributed by atoms with E-state index in [2.05, 4.69) is 15.6 Å². The topological polar surface area (TPSA) is 63.2 Å². The van der Waals surface area contributed by atoms with Gasteiger partial charge in [-0.1, -0.05) is 18.2 Å². The van der Waals surface area contributed by atoms with Crippen molar-refractivity contribution in [1.29, 1.82) is 0 Å². The maximum absolute atomic E-state index is 12.4. The van der Waals surface area contributed by atoms with E-state index in [-0.39, 0.29) is 11.9 Å². The Hall–Kier alpha value is -2.86. The van der Waals surface area contributed by atoms with E-state index < -0.39 is 0 Å². The first-order valence-electron chi connectivity index (χ1n) is 8.29. The first-order chi connectivity index (χ1) is 12.5. The molecule has 0 radical (unpaired) electrons. The minimum absolute atomic E-state index is 0.113. The molecule has 1 amide bonds. The fraction of sp³-hybridized carbons (Fsp3) is 0.200. The second-order valence-corrected chi connectivity index (χ2v) is 6.98. The number of thiazole rings is 1. The Morgan fingerprint density at radius 2 is 1.92 bits per heavy atom. The van der Waals surface area contributed by atoms with Gasteiger partial charge in [0, 0.05) is 28.4 Å². The number of nitrogens with zero attached hydrogens (tertiary/aromatic N) is 1. The lowest BCUT2D eigenvalue weighted by Gasteiger charge is -2.16. The van der Waals surface area contributed by atoms with Crippen molar-refractivity contribution in [3.63, 3.8) is 0 Å². The van der Waals surface area contributed by atoms with E-state index in [1.165, 1.54) is 0 Å². The largest absolute Gasteiger partial charge is 0.497 e. The molecule has 0 aliphatic rings. The highest BCUT2D eigenvalue weighted by molar-refractivity contribution is 7.09. The van der Waals surface area contributed by atoms with Crippen molar-refractivity contribution < 1.29 is 9.53 Å². The maximum atomic E-state index is 12.4. The van der Waals surface area contributed by atoms with Gasteiger partial charge in [-0.2, -0.15) is 0 Å². The van der Waals surface area contributed by atoms with E-state index in [4.69, 9.17) is 4.74 Å². The van der Waals surface area contributed by atoms with E-state index in [0.29, 0.717) is 11.4 Å². The number of hydrogen-bond acceptors (Lipinski definition) is 5. The second-order valence-electron chi connectivity index (χ2n) is 5.92. The summed E-state index contributed by atoms with van der Waals surface area (Å²) in [4.78, 5) is 16.9. The molecule has 0 saturated heterocycles. The molecule has 0 spiro atoms. The van der Waals surface area contributed by atoms with E-state index >= 15 is 0 Å². The van der Waals surface area contributed by atoms with Crippen LogP contribution in [-0.4, -0.2) is 24.0 Å². The molecule has 0 aliphatic heterocycles. The summed E-state index contributed by atoms with van der Waals surface area (Å²) in [7, 11) is 1.60. The summed E-state index contributed by atoms with van der Waals surface area (Å²) in [5.74, 6) is 0.591. The van der Waals surface area contributed by atoms with Gasteiger partial charge in [-0.3, -0.25) is 4.79 Å². The molecular formula is C20H21N3O2S. The van der Waals surface area contributed by atoms with Gasteiger partial charge in [0.25, 0.3) is 0 Å². The van der Waals surface area contributed by atoms with Crippen LogP contribution in [0.4, 0.5) is 11.4 Å². The molecule has 0 saturated carbocycles. The molecule has 3 aromatic rings. The third-order valence-corrected chi connectivity index (χ3v) is 4.69. The third kappa shape index (κ3) is 4.40. The zero-order valence-corrected chi connectivity index (χ0v) is 15.8. The number of carbonyl (C=O) groups is 1. The molecule has 0 unspecified atom stereocenters. The van der Waals surface area contributed by atoms with Crippen LogP contribution in [0.3, 0.4) is 0 Å². The van der Waals surface area contributed by atoms with Crippen molar-refractivity contribution in [2.75, 3.05) is 17.7 Å². The van der Waals surface area contributed by atoms with Crippen molar-refractivity contribution >= 4 is 28.6 Å². The number of carbonyl (C=O) groups excluding carboxylic acids is 1. The maximum Gasteiger partial charge on any atom is 0.246 e. The lowest BCUT2D eigenvalue weighted by molar-refractivity contribution is -0.116. The van der Waals surface area contributed by atoms with Gasteiger partial charge in [-0.25, -0.2) is 4.98 Å². The van der Waals surface area contributed by atoms with Crippen molar-refractivity contribution in [3.05, 3.63) is 58.9 Å². The van der Waals surface area contributed by atoms with Crippen LogP contribution in [0.5, 0.6) is 5.75 Å². The monoisotopic (exact) mass is 367 g/mol. The highest BCUT2D eigenvalue weighted by Gasteiger charge is 2.13. The van der Waals surface area contributed by atoms with Crippen LogP contribution in [0.15, 0.2) is 53.9 Å². The number of aryl methyl sites for hydroxylation is 1. The van der Waals surface area contributed by atoms with E-state index in [9.17, 15) is 4.79 Å². The number of ether oxygens (including phenoxy) is 1. The molecule has 1 aromatic heterocycles. The van der Waals surface area contributed by atoms with E-state index in [1.807, 2.05) is 61.7 Å². The van der Waals surface area contributed by atoms with Gasteiger partial charge in [0.05, 0.1) is 17.8 Å². The molecule has 2 aromatic carbocycles. The quantitative estimate of drug-likeness (QED) is 0.670. The van der Waals surface area contributed by atoms with Crippen molar-refractivity contribution in [2.24, 2.45) is 0 Å². The van der Waals surface area contributed by atoms with Crippen molar-refractivity contribution in [3.8, 4) is 17.0 Å². The van der Waals surface area contributed by atoms with Crippen LogP contribution in [0.25, 0.3) is 11.3 Å². The summed E-state index contributed by atoms with van der Waals surface area (Å²) in [6.07, 6.45) is 0. The minimum Gasteiger partial charge on any atom is -0.497 e. The van der Waals surface area contributed by atoms with Crippen molar-refractivity contribution in [1.82, 2.24) is 4.98 Å². The summed E-state index contributed by atoms with van der Waals surface area (Å²) in [6.45, 7) is 3.82. The average molecular weight is 367 g/mol. The molecule has 0 aliphatic carbocycles. The van der Waals surface area contributed by atoms with Crippen LogP contribution in [0, 0.1) is 6.92 Å². The first-order valence-corrected chi connectivity index (χ1v) is 9.17. The number of anilines is 2. The predicted molar refractivity (Wildman–Crippen MR) is 107 cm³/mol. The summed E-state index contributed by atoms with van der Waals surface area (Å²) in [5.41, 5.74) is 3.63. The van der Waals surface area contributed by atoms with Gasteiger partial charge in [0.2, 0.25) is 5.91 Å². The highest BCUT2D eigenvalue weighted by atomic mass is 32.1. The van der Waals surface area contributed by atoms with Gasteiger partial charge >= 0.3 is 0 Å². The predicted octanol–water partition coefficient (Wildman–Crippen LogP) is 4.57. The number of hydrogen-bond donors (Lipinski definition) is 2. The second kappa shape index (κ2) is 8.01. The zero-order chi connectivity index (χ0) is 18.5. The van der Waals surface area contributed by atoms with Gasteiger partial charge in [-0.15, -0.1) is 11.3 Å². The SMILES string of the molecule is COc1cccc(NC(=O)[C@H](C)Nc2ccc(-c3csc(C)n3)cc2)c1. The lowest BCUT2D eigenvalue weighted by Crippen LogP contribution is -2.31. The number of methoxy groups -OCH3 is 1. The van der Waals surface area contributed by atoms with Crippen LogP contribution >= 0.6 is 11.3 Å². The van der Waals surface area contributed by atoms with Crippen molar-refractivity contribution in [2.45, 2.75) is 19.9 Å². The van der Waals surface area contributed by atoms with Gasteiger partial charge in [0.15, 0.2) is 0 Å². The molecule has 6 heteroatoms. The zero-order valence-electron chi connectivity index (χ0n) is 14.9. The smallest absolute Gasteiger partial charge is 0.246 e. The standard InChI is InChI=1S/C20H21N3O2S/c1-13(20(24)23-17-5-4-6-18(11-17)25-3)21-16-9-7-15(8-10-16)19-12-26-14(2)22-19/h4-13,21H,1-3H3,(H,23,24)/t13-/m0/s1. The summed E-state index contributed by atoms with van der Waals surface area (Å²) in [6, 6.07) is 14.8. The molecule has 1 atom stereocenters. The molecule has 5 nitrogen and oxygen atoms in total. The number of nitrogens with one attached hydrogen (secondary N) is 2. The highest BCUT2D eigenvalue weighted by Crippen LogP contribution is 2.23. The van der Waals surface area contributed by atoms with Gasteiger partial charge in [0.1, 0.15) is 11.8 Å². The molecule has 26 heavy (non-hydrogen) atoms. The molecule has 134 valence electrons. The fourth-order valence-corrected chi connectivity index (χ4v) is 3.12. The number of aromatic nitrogens is 1. The Bertz CT molecular complexity index is 890. The Morgan fingerprint density at radius 1 is 1.15 bits per heavy atom. The normalized spacial score (nSPS) is 11.7. The summed E-state index contributed by atoms with van der Waals surface area (Å²) >= 11 is 1.63. The Morgan fingerprint density at radius 3 is 2.58 bits per heavy atom. The Labute approximate surface area is 157 Å². The van der Waals surface area contributed by atoms with E-state index in [0.717, 1.165) is 22.0 Å². The molecule has 0 bridgehead atoms. The minimum atomic E-state index is -0.381. The van der Waals surface area contributed by atoms with Crippen LogP contribution < -0.4 is 15.4 Å². The molecular weight excluding hydrogens is 346 g/mol. The van der Waals surface area contributed by atoms with Gasteiger partial charge in [-0.05, 0) is 38.1 Å². The average Bonchev–Trinajstić information content (AvgIpc) is 3.09. The Balaban J connectivity index is 1.61. The Kier molecular flexibility index (Phi) is 5.53. The molecule has 1 heterocycles. The first kappa shape index (κ1) is 17.9. The van der Waals surface area contributed by atoms with Crippen LogP contribution in [0.1, 0.15) is 11.9 Å². The summed E-state index contributed by atoms with van der Waals surface area (Å²) in [5, 5.41) is 9.19. The number of benzene rings is 2. The molecule has 3 rings (SSSR count). The van der Waals surface area contributed by atoms with Gasteiger partial charge < -0.3 is 15.4 Å². The number of rotatable bonds is 6. The fourth-order valence-electron chi connectivity index (χ4n) is 2.50. The lowest BCUT2D eigenvalue weighted by atomic mass is 10.1.